The smallest absolute Gasteiger partial charge is 0.136 e. The van der Waals surface area contributed by atoms with Crippen LogP contribution < -0.4 is 0 Å². The second-order valence-electron chi connectivity index (χ2n) is 4.96. The molecule has 1 atom stereocenters. The summed E-state index contributed by atoms with van der Waals surface area (Å²) in [6, 6.07) is 13.8. The molecular weight excluding hydrogens is 250 g/mol. The third-order valence-corrected chi connectivity index (χ3v) is 3.47. The van der Waals surface area contributed by atoms with Gasteiger partial charge < -0.3 is 9.52 Å². The zero-order valence-electron chi connectivity index (χ0n) is 11.6. The number of hydrogen-bond acceptors (Lipinski definition) is 3. The Morgan fingerprint density at radius 1 is 1.15 bits per heavy atom. The Morgan fingerprint density at radius 3 is 2.80 bits per heavy atom. The minimum atomic E-state index is -0.548. The topological polar surface area (TPSA) is 46.3 Å². The van der Waals surface area contributed by atoms with Gasteiger partial charge >= 0.3 is 0 Å². The number of nitrogens with zero attached hydrogens (tertiary/aromatic N) is 1. The van der Waals surface area contributed by atoms with Gasteiger partial charge in [0.1, 0.15) is 17.6 Å². The number of aliphatic hydroxyl groups is 1. The predicted octanol–water partition coefficient (Wildman–Crippen LogP) is 4.25. The zero-order valence-corrected chi connectivity index (χ0v) is 11.6. The van der Waals surface area contributed by atoms with E-state index in [1.807, 2.05) is 50.2 Å². The minimum absolute atomic E-state index is 0.548. The number of benzene rings is 1. The molecule has 102 valence electrons. The lowest BCUT2D eigenvalue weighted by atomic mass is 10.1. The first kappa shape index (κ1) is 12.9. The fourth-order valence-electron chi connectivity index (χ4n) is 2.32. The molecular formula is C17H17NO2. The Labute approximate surface area is 117 Å². The van der Waals surface area contributed by atoms with Crippen LogP contribution in [0.1, 0.15) is 30.9 Å². The van der Waals surface area contributed by atoms with Crippen LogP contribution in [0.4, 0.5) is 0 Å². The Kier molecular flexibility index (Phi) is 3.28. The number of aromatic nitrogens is 1. The number of pyridine rings is 1. The van der Waals surface area contributed by atoms with Crippen molar-refractivity contribution in [2.24, 2.45) is 0 Å². The van der Waals surface area contributed by atoms with Crippen LogP contribution in [-0.4, -0.2) is 10.1 Å². The Bertz CT molecular complexity index is 746. The van der Waals surface area contributed by atoms with E-state index in [1.165, 1.54) is 0 Å². The maximum absolute atomic E-state index is 9.84. The van der Waals surface area contributed by atoms with Crippen LogP contribution in [0.25, 0.3) is 22.2 Å². The summed E-state index contributed by atoms with van der Waals surface area (Å²) in [5.74, 6) is 1.35. The van der Waals surface area contributed by atoms with Crippen molar-refractivity contribution in [1.29, 1.82) is 0 Å². The van der Waals surface area contributed by atoms with E-state index in [-0.39, 0.29) is 0 Å². The highest BCUT2D eigenvalue weighted by molar-refractivity contribution is 5.92. The minimum Gasteiger partial charge on any atom is -0.458 e. The Balaban J connectivity index is 2.14. The summed E-state index contributed by atoms with van der Waals surface area (Å²) >= 11 is 0. The highest BCUT2D eigenvalue weighted by atomic mass is 16.4. The monoisotopic (exact) mass is 267 g/mol. The molecule has 1 unspecified atom stereocenters. The number of furan rings is 1. The highest BCUT2D eigenvalue weighted by Gasteiger charge is 2.13. The molecule has 0 aliphatic rings. The molecule has 3 heteroatoms. The molecule has 0 saturated heterocycles. The van der Waals surface area contributed by atoms with Crippen molar-refractivity contribution in [3.8, 4) is 11.3 Å². The molecule has 0 saturated carbocycles. The van der Waals surface area contributed by atoms with E-state index < -0.39 is 6.10 Å². The Hall–Kier alpha value is -2.13. The number of rotatable bonds is 3. The number of para-hydroxylation sites is 1. The third kappa shape index (κ3) is 2.21. The van der Waals surface area contributed by atoms with Crippen molar-refractivity contribution in [3.05, 3.63) is 53.9 Å². The van der Waals surface area contributed by atoms with Gasteiger partial charge in [0.25, 0.3) is 0 Å². The molecule has 3 rings (SSSR count). The van der Waals surface area contributed by atoms with Gasteiger partial charge in [0.2, 0.25) is 0 Å². The van der Waals surface area contributed by atoms with Gasteiger partial charge in [0.05, 0.1) is 5.52 Å². The van der Waals surface area contributed by atoms with Gasteiger partial charge in [-0.3, -0.25) is 4.98 Å². The predicted molar refractivity (Wildman–Crippen MR) is 79.4 cm³/mol. The average molecular weight is 267 g/mol. The highest BCUT2D eigenvalue weighted by Crippen LogP contribution is 2.31. The van der Waals surface area contributed by atoms with Gasteiger partial charge in [0.15, 0.2) is 0 Å². The van der Waals surface area contributed by atoms with E-state index in [1.54, 1.807) is 0 Å². The van der Waals surface area contributed by atoms with Gasteiger partial charge in [0, 0.05) is 16.6 Å². The Morgan fingerprint density at radius 2 is 2.00 bits per heavy atom. The van der Waals surface area contributed by atoms with Crippen molar-refractivity contribution in [1.82, 2.24) is 4.98 Å². The van der Waals surface area contributed by atoms with Gasteiger partial charge in [-0.15, -0.1) is 0 Å². The summed E-state index contributed by atoms with van der Waals surface area (Å²) in [4.78, 5) is 4.60. The largest absolute Gasteiger partial charge is 0.458 e. The van der Waals surface area contributed by atoms with Crippen molar-refractivity contribution in [2.45, 2.75) is 26.4 Å². The van der Waals surface area contributed by atoms with E-state index in [2.05, 4.69) is 11.1 Å². The van der Waals surface area contributed by atoms with Crippen LogP contribution >= 0.6 is 0 Å². The van der Waals surface area contributed by atoms with Crippen LogP contribution in [0.5, 0.6) is 0 Å². The first-order valence-electron chi connectivity index (χ1n) is 6.83. The summed E-state index contributed by atoms with van der Waals surface area (Å²) in [5, 5.41) is 10.9. The molecule has 0 aliphatic carbocycles. The molecule has 1 N–H and O–H groups in total. The molecule has 3 aromatic rings. The van der Waals surface area contributed by atoms with Crippen molar-refractivity contribution < 1.29 is 9.52 Å². The summed E-state index contributed by atoms with van der Waals surface area (Å²) < 4.78 is 5.78. The maximum Gasteiger partial charge on any atom is 0.136 e. The summed E-state index contributed by atoms with van der Waals surface area (Å²) in [7, 11) is 0. The van der Waals surface area contributed by atoms with Crippen LogP contribution in [0.15, 0.2) is 46.9 Å². The molecule has 0 spiro atoms. The first-order chi connectivity index (χ1) is 9.69. The average Bonchev–Trinajstić information content (AvgIpc) is 2.95. The van der Waals surface area contributed by atoms with Crippen LogP contribution in [-0.2, 0) is 0 Å². The second-order valence-corrected chi connectivity index (χ2v) is 4.96. The van der Waals surface area contributed by atoms with Crippen LogP contribution in [0.3, 0.4) is 0 Å². The van der Waals surface area contributed by atoms with E-state index in [4.69, 9.17) is 4.42 Å². The quantitative estimate of drug-likeness (QED) is 0.771. The summed E-state index contributed by atoms with van der Waals surface area (Å²) in [6.45, 7) is 3.90. The second kappa shape index (κ2) is 5.10. The zero-order chi connectivity index (χ0) is 14.1. The third-order valence-electron chi connectivity index (χ3n) is 3.47. The molecule has 1 aromatic carbocycles. The standard InChI is InChI=1S/C17H17NO2/c1-3-14(19)16-10-9-15(20-16)13-6-4-5-12-8-7-11(2)18-17(12)13/h4-10,14,19H,3H2,1-2H3. The van der Waals surface area contributed by atoms with E-state index in [0.29, 0.717) is 12.2 Å². The SMILES string of the molecule is CCC(O)c1ccc(-c2cccc3ccc(C)nc23)o1. The van der Waals surface area contributed by atoms with Crippen LogP contribution in [0, 0.1) is 6.92 Å². The molecule has 0 fully saturated rings. The molecule has 0 radical (unpaired) electrons. The molecule has 3 nitrogen and oxygen atoms in total. The fraction of sp³-hybridized carbons (Fsp3) is 0.235. The fourth-order valence-corrected chi connectivity index (χ4v) is 2.32. The van der Waals surface area contributed by atoms with E-state index in [0.717, 1.165) is 27.9 Å². The van der Waals surface area contributed by atoms with E-state index in [9.17, 15) is 5.11 Å². The summed E-state index contributed by atoms with van der Waals surface area (Å²) in [5.41, 5.74) is 2.87. The van der Waals surface area contributed by atoms with Gasteiger partial charge in [-0.1, -0.05) is 25.1 Å². The molecule has 0 bridgehead atoms. The molecule has 2 aromatic heterocycles. The van der Waals surface area contributed by atoms with Gasteiger partial charge in [-0.25, -0.2) is 0 Å². The first-order valence-corrected chi connectivity index (χ1v) is 6.83. The summed E-state index contributed by atoms with van der Waals surface area (Å²) in [6.07, 6.45) is 0.0910. The maximum atomic E-state index is 9.84. The number of aliphatic hydroxyl groups excluding tert-OH is 1. The lowest BCUT2D eigenvalue weighted by Gasteiger charge is -2.05. The number of fused-ring (bicyclic) bond motifs is 1. The van der Waals surface area contributed by atoms with Gasteiger partial charge in [-0.2, -0.15) is 0 Å². The van der Waals surface area contributed by atoms with Crippen molar-refractivity contribution in [3.63, 3.8) is 0 Å². The van der Waals surface area contributed by atoms with E-state index >= 15 is 0 Å². The van der Waals surface area contributed by atoms with Gasteiger partial charge in [-0.05, 0) is 37.6 Å². The lowest BCUT2D eigenvalue weighted by Crippen LogP contribution is -1.91. The van der Waals surface area contributed by atoms with Crippen molar-refractivity contribution in [2.75, 3.05) is 0 Å². The number of hydrogen-bond donors (Lipinski definition) is 1. The number of aryl methyl sites for hydroxylation is 1. The molecule has 20 heavy (non-hydrogen) atoms. The molecule has 0 amide bonds. The molecule has 0 aliphatic heterocycles. The van der Waals surface area contributed by atoms with Crippen LogP contribution in [0.2, 0.25) is 0 Å². The van der Waals surface area contributed by atoms with Crippen molar-refractivity contribution >= 4 is 10.9 Å². The molecule has 2 heterocycles. The lowest BCUT2D eigenvalue weighted by molar-refractivity contribution is 0.147. The normalized spacial score (nSPS) is 12.8.